The molecule has 1 aliphatic carbocycles. The van der Waals surface area contributed by atoms with Crippen molar-refractivity contribution in [1.82, 2.24) is 5.32 Å². The van der Waals surface area contributed by atoms with Crippen LogP contribution in [0.15, 0.2) is 0 Å². The Morgan fingerprint density at radius 1 is 1.50 bits per heavy atom. The quantitative estimate of drug-likeness (QED) is 0.703. The SMILES string of the molecule is CC(NCC1CC(O)C1)C1CCOC1. The molecule has 2 fully saturated rings. The summed E-state index contributed by atoms with van der Waals surface area (Å²) in [6, 6.07) is 0.565. The number of aliphatic hydroxyl groups is 1. The van der Waals surface area contributed by atoms with Gasteiger partial charge >= 0.3 is 0 Å². The van der Waals surface area contributed by atoms with E-state index >= 15 is 0 Å². The summed E-state index contributed by atoms with van der Waals surface area (Å²) in [6.45, 7) is 5.16. The lowest BCUT2D eigenvalue weighted by Gasteiger charge is -2.33. The summed E-state index contributed by atoms with van der Waals surface area (Å²) in [4.78, 5) is 0. The van der Waals surface area contributed by atoms with Crippen LogP contribution in [0, 0.1) is 11.8 Å². The second-order valence-corrected chi connectivity index (χ2v) is 4.81. The van der Waals surface area contributed by atoms with Crippen LogP contribution >= 0.6 is 0 Å². The molecule has 1 saturated carbocycles. The van der Waals surface area contributed by atoms with Gasteiger partial charge in [0.15, 0.2) is 0 Å². The largest absolute Gasteiger partial charge is 0.393 e. The molecule has 1 saturated heterocycles. The molecule has 82 valence electrons. The number of aliphatic hydroxyl groups excluding tert-OH is 1. The van der Waals surface area contributed by atoms with Crippen molar-refractivity contribution in [2.24, 2.45) is 11.8 Å². The van der Waals surface area contributed by atoms with E-state index in [2.05, 4.69) is 12.2 Å². The van der Waals surface area contributed by atoms with E-state index in [0.717, 1.165) is 32.6 Å². The molecule has 2 N–H and O–H groups in total. The van der Waals surface area contributed by atoms with Crippen LogP contribution in [-0.2, 0) is 4.74 Å². The molecule has 3 heteroatoms. The summed E-state index contributed by atoms with van der Waals surface area (Å²) in [7, 11) is 0. The summed E-state index contributed by atoms with van der Waals surface area (Å²) in [5.41, 5.74) is 0. The van der Waals surface area contributed by atoms with Crippen molar-refractivity contribution in [3.63, 3.8) is 0 Å². The first kappa shape index (κ1) is 10.4. The van der Waals surface area contributed by atoms with Crippen LogP contribution in [0.2, 0.25) is 0 Å². The minimum absolute atomic E-state index is 0.0214. The number of rotatable bonds is 4. The zero-order valence-corrected chi connectivity index (χ0v) is 8.91. The Labute approximate surface area is 85.8 Å². The maximum Gasteiger partial charge on any atom is 0.0546 e. The van der Waals surface area contributed by atoms with Gasteiger partial charge < -0.3 is 15.2 Å². The predicted octanol–water partition coefficient (Wildman–Crippen LogP) is 0.772. The molecule has 3 nitrogen and oxygen atoms in total. The molecule has 14 heavy (non-hydrogen) atoms. The number of hydrogen-bond acceptors (Lipinski definition) is 3. The maximum atomic E-state index is 9.15. The lowest BCUT2D eigenvalue weighted by Crippen LogP contribution is -2.42. The third-order valence-electron chi connectivity index (χ3n) is 3.61. The van der Waals surface area contributed by atoms with Gasteiger partial charge in [0, 0.05) is 12.6 Å². The molecule has 0 radical (unpaired) electrons. The third kappa shape index (κ3) is 2.47. The molecule has 0 aromatic rings. The van der Waals surface area contributed by atoms with E-state index in [9.17, 15) is 0 Å². The molecule has 0 bridgehead atoms. The smallest absolute Gasteiger partial charge is 0.0546 e. The molecule has 2 unspecified atom stereocenters. The summed E-state index contributed by atoms with van der Waals surface area (Å²) in [5.74, 6) is 1.40. The monoisotopic (exact) mass is 199 g/mol. The van der Waals surface area contributed by atoms with E-state index in [-0.39, 0.29) is 6.10 Å². The van der Waals surface area contributed by atoms with Crippen LogP contribution in [-0.4, -0.2) is 37.0 Å². The summed E-state index contributed by atoms with van der Waals surface area (Å²) in [6.07, 6.45) is 3.15. The second-order valence-electron chi connectivity index (χ2n) is 4.81. The standard InChI is InChI=1S/C11H21NO2/c1-8(10-2-3-14-7-10)12-6-9-4-11(13)5-9/h8-13H,2-7H2,1H3. The minimum Gasteiger partial charge on any atom is -0.393 e. The van der Waals surface area contributed by atoms with E-state index in [1.54, 1.807) is 0 Å². The minimum atomic E-state index is -0.0214. The Morgan fingerprint density at radius 2 is 2.29 bits per heavy atom. The topological polar surface area (TPSA) is 41.5 Å². The van der Waals surface area contributed by atoms with Crippen molar-refractivity contribution in [3.8, 4) is 0 Å². The highest BCUT2D eigenvalue weighted by molar-refractivity contribution is 4.83. The first-order chi connectivity index (χ1) is 6.75. The van der Waals surface area contributed by atoms with E-state index in [1.165, 1.54) is 6.42 Å². The van der Waals surface area contributed by atoms with Gasteiger partial charge in [0.2, 0.25) is 0 Å². The molecule has 2 aliphatic rings. The van der Waals surface area contributed by atoms with Gasteiger partial charge in [0.05, 0.1) is 12.7 Å². The van der Waals surface area contributed by atoms with Gasteiger partial charge in [0.25, 0.3) is 0 Å². The van der Waals surface area contributed by atoms with Crippen LogP contribution in [0.1, 0.15) is 26.2 Å². The molecular weight excluding hydrogens is 178 g/mol. The van der Waals surface area contributed by atoms with E-state index in [0.29, 0.717) is 17.9 Å². The van der Waals surface area contributed by atoms with Crippen molar-refractivity contribution < 1.29 is 9.84 Å². The van der Waals surface area contributed by atoms with Gasteiger partial charge in [-0.1, -0.05) is 0 Å². The summed E-state index contributed by atoms with van der Waals surface area (Å²) in [5, 5.41) is 12.7. The van der Waals surface area contributed by atoms with E-state index in [4.69, 9.17) is 9.84 Å². The van der Waals surface area contributed by atoms with Crippen molar-refractivity contribution >= 4 is 0 Å². The Bertz CT molecular complexity index is 174. The molecule has 0 spiro atoms. The van der Waals surface area contributed by atoms with Crippen LogP contribution < -0.4 is 5.32 Å². The Morgan fingerprint density at radius 3 is 2.86 bits per heavy atom. The molecule has 1 heterocycles. The molecule has 2 atom stereocenters. The molecular formula is C11H21NO2. The summed E-state index contributed by atoms with van der Waals surface area (Å²) >= 11 is 0. The van der Waals surface area contributed by atoms with Crippen molar-refractivity contribution in [2.75, 3.05) is 19.8 Å². The van der Waals surface area contributed by atoms with Crippen LogP contribution in [0.25, 0.3) is 0 Å². The predicted molar refractivity (Wildman–Crippen MR) is 55.1 cm³/mol. The van der Waals surface area contributed by atoms with Crippen LogP contribution in [0.5, 0.6) is 0 Å². The molecule has 0 amide bonds. The fourth-order valence-electron chi connectivity index (χ4n) is 2.33. The lowest BCUT2D eigenvalue weighted by molar-refractivity contribution is 0.0410. The average molecular weight is 199 g/mol. The zero-order chi connectivity index (χ0) is 9.97. The van der Waals surface area contributed by atoms with Gasteiger partial charge in [-0.15, -0.1) is 0 Å². The van der Waals surface area contributed by atoms with Crippen molar-refractivity contribution in [2.45, 2.75) is 38.3 Å². The molecule has 1 aliphatic heterocycles. The third-order valence-corrected chi connectivity index (χ3v) is 3.61. The first-order valence-electron chi connectivity index (χ1n) is 5.75. The highest BCUT2D eigenvalue weighted by Crippen LogP contribution is 2.26. The van der Waals surface area contributed by atoms with Crippen LogP contribution in [0.3, 0.4) is 0 Å². The van der Waals surface area contributed by atoms with E-state index < -0.39 is 0 Å². The fraction of sp³-hybridized carbons (Fsp3) is 1.00. The Balaban J connectivity index is 1.60. The Kier molecular flexibility index (Phi) is 3.42. The first-order valence-corrected chi connectivity index (χ1v) is 5.75. The van der Waals surface area contributed by atoms with Crippen molar-refractivity contribution in [1.29, 1.82) is 0 Å². The van der Waals surface area contributed by atoms with Gasteiger partial charge in [-0.3, -0.25) is 0 Å². The number of ether oxygens (including phenoxy) is 1. The highest BCUT2D eigenvalue weighted by atomic mass is 16.5. The molecule has 0 aromatic carbocycles. The van der Waals surface area contributed by atoms with E-state index in [1.807, 2.05) is 0 Å². The van der Waals surface area contributed by atoms with Gasteiger partial charge in [-0.2, -0.15) is 0 Å². The highest BCUT2D eigenvalue weighted by Gasteiger charge is 2.28. The number of nitrogens with one attached hydrogen (secondary N) is 1. The second kappa shape index (κ2) is 4.60. The van der Waals surface area contributed by atoms with Gasteiger partial charge in [0.1, 0.15) is 0 Å². The van der Waals surface area contributed by atoms with Gasteiger partial charge in [-0.25, -0.2) is 0 Å². The molecule has 2 rings (SSSR count). The lowest BCUT2D eigenvalue weighted by atomic mass is 9.82. The maximum absolute atomic E-state index is 9.15. The summed E-state index contributed by atoms with van der Waals surface area (Å²) < 4.78 is 5.36. The normalized spacial score (nSPS) is 39.4. The number of hydrogen-bond donors (Lipinski definition) is 2. The zero-order valence-electron chi connectivity index (χ0n) is 8.91. The van der Waals surface area contributed by atoms with Crippen molar-refractivity contribution in [3.05, 3.63) is 0 Å². The Hall–Kier alpha value is -0.120. The molecule has 0 aromatic heterocycles. The fourth-order valence-corrected chi connectivity index (χ4v) is 2.33. The van der Waals surface area contributed by atoms with Crippen LogP contribution in [0.4, 0.5) is 0 Å². The average Bonchev–Trinajstić information content (AvgIpc) is 2.62. The van der Waals surface area contributed by atoms with Gasteiger partial charge in [-0.05, 0) is 44.6 Å².